The lowest BCUT2D eigenvalue weighted by Gasteiger charge is -2.27. The zero-order chi connectivity index (χ0) is 20.9. The maximum Gasteiger partial charge on any atom is 0.233 e. The number of hydrogen-bond donors (Lipinski definition) is 2. The molecule has 0 unspecified atom stereocenters. The fourth-order valence-corrected chi connectivity index (χ4v) is 2.99. The number of hydrogen-bond acceptors (Lipinski definition) is 8. The summed E-state index contributed by atoms with van der Waals surface area (Å²) in [6.07, 6.45) is 0. The first-order valence-electron chi connectivity index (χ1n) is 9.56. The summed E-state index contributed by atoms with van der Waals surface area (Å²) in [5.41, 5.74) is 1.93. The van der Waals surface area contributed by atoms with Gasteiger partial charge >= 0.3 is 0 Å². The van der Waals surface area contributed by atoms with Gasteiger partial charge in [0, 0.05) is 30.0 Å². The van der Waals surface area contributed by atoms with Crippen LogP contribution in [-0.4, -0.2) is 47.0 Å². The minimum absolute atomic E-state index is 0. The highest BCUT2D eigenvalue weighted by atomic mass is 35.5. The van der Waals surface area contributed by atoms with E-state index in [-0.39, 0.29) is 24.0 Å². The standard InChI is InChI=1S/C21H21FN6O2.ClH/c1-14(29)15-3-2-4-18(13-15)24-20-25-19(23-17-7-5-16(22)6-8-17)26-21(27-20)28-9-11-30-12-10-28;/h2-8,13H,9-12H2,1H3,(H2,23,24,25,26,27);1H. The lowest BCUT2D eigenvalue weighted by Crippen LogP contribution is -2.37. The van der Waals surface area contributed by atoms with Crippen LogP contribution in [0.1, 0.15) is 17.3 Å². The summed E-state index contributed by atoms with van der Waals surface area (Å²) in [5.74, 6) is 0.808. The summed E-state index contributed by atoms with van der Waals surface area (Å²) in [6, 6.07) is 13.1. The Labute approximate surface area is 185 Å². The zero-order valence-corrected chi connectivity index (χ0v) is 17.7. The van der Waals surface area contributed by atoms with E-state index in [1.54, 1.807) is 30.3 Å². The largest absolute Gasteiger partial charge is 0.378 e. The average Bonchev–Trinajstić information content (AvgIpc) is 2.76. The number of nitrogens with zero attached hydrogens (tertiary/aromatic N) is 4. The van der Waals surface area contributed by atoms with E-state index >= 15 is 0 Å². The number of halogens is 2. The SMILES string of the molecule is CC(=O)c1cccc(Nc2nc(Nc3ccc(F)cc3)nc(N3CCOCC3)n2)c1.Cl. The predicted molar refractivity (Wildman–Crippen MR) is 120 cm³/mol. The van der Waals surface area contributed by atoms with Crippen molar-refractivity contribution in [2.45, 2.75) is 6.92 Å². The van der Waals surface area contributed by atoms with Crippen LogP contribution in [0.3, 0.4) is 0 Å². The number of rotatable bonds is 6. The Balaban J connectivity index is 0.00000272. The first-order valence-corrected chi connectivity index (χ1v) is 9.56. The highest BCUT2D eigenvalue weighted by Crippen LogP contribution is 2.22. The van der Waals surface area contributed by atoms with Gasteiger partial charge in [0.15, 0.2) is 5.78 Å². The van der Waals surface area contributed by atoms with Crippen molar-refractivity contribution < 1.29 is 13.9 Å². The molecule has 2 heterocycles. The number of carbonyl (C=O) groups is 1. The third-order valence-electron chi connectivity index (χ3n) is 4.54. The van der Waals surface area contributed by atoms with Crippen LogP contribution in [0, 0.1) is 5.82 Å². The van der Waals surface area contributed by atoms with Gasteiger partial charge in [0.1, 0.15) is 5.82 Å². The van der Waals surface area contributed by atoms with Crippen molar-refractivity contribution in [2.75, 3.05) is 41.8 Å². The Morgan fingerprint density at radius 1 is 0.968 bits per heavy atom. The third kappa shape index (κ3) is 5.87. The molecular weight excluding hydrogens is 423 g/mol. The molecule has 2 aromatic carbocycles. The summed E-state index contributed by atoms with van der Waals surface area (Å²) >= 11 is 0. The Bertz CT molecular complexity index is 1040. The highest BCUT2D eigenvalue weighted by molar-refractivity contribution is 5.95. The minimum Gasteiger partial charge on any atom is -0.378 e. The molecule has 0 radical (unpaired) electrons. The van der Waals surface area contributed by atoms with E-state index in [0.717, 1.165) is 0 Å². The molecular formula is C21H22ClFN6O2. The molecule has 1 saturated heterocycles. The van der Waals surface area contributed by atoms with E-state index in [1.807, 2.05) is 11.0 Å². The van der Waals surface area contributed by atoms with E-state index < -0.39 is 0 Å². The number of morpholine rings is 1. The van der Waals surface area contributed by atoms with Gasteiger partial charge in [0.2, 0.25) is 17.8 Å². The van der Waals surface area contributed by atoms with Crippen LogP contribution in [0.25, 0.3) is 0 Å². The monoisotopic (exact) mass is 444 g/mol. The van der Waals surface area contributed by atoms with E-state index in [9.17, 15) is 9.18 Å². The van der Waals surface area contributed by atoms with Gasteiger partial charge in [-0.15, -0.1) is 12.4 Å². The van der Waals surface area contributed by atoms with Gasteiger partial charge < -0.3 is 20.3 Å². The summed E-state index contributed by atoms with van der Waals surface area (Å²) < 4.78 is 18.6. The second-order valence-corrected chi connectivity index (χ2v) is 6.78. The van der Waals surface area contributed by atoms with Gasteiger partial charge in [-0.05, 0) is 43.3 Å². The molecule has 0 aliphatic carbocycles. The first kappa shape index (κ1) is 22.4. The maximum atomic E-state index is 13.2. The molecule has 1 aromatic heterocycles. The summed E-state index contributed by atoms with van der Waals surface area (Å²) in [6.45, 7) is 4.04. The van der Waals surface area contributed by atoms with Crippen molar-refractivity contribution in [1.82, 2.24) is 15.0 Å². The van der Waals surface area contributed by atoms with E-state index in [1.165, 1.54) is 19.1 Å². The van der Waals surface area contributed by atoms with Crippen molar-refractivity contribution in [2.24, 2.45) is 0 Å². The molecule has 1 aliphatic heterocycles. The third-order valence-corrected chi connectivity index (χ3v) is 4.54. The highest BCUT2D eigenvalue weighted by Gasteiger charge is 2.17. The molecule has 0 bridgehead atoms. The molecule has 10 heteroatoms. The molecule has 4 rings (SSSR count). The molecule has 0 saturated carbocycles. The number of ether oxygens (including phenoxy) is 1. The lowest BCUT2D eigenvalue weighted by molar-refractivity contribution is 0.101. The van der Waals surface area contributed by atoms with Crippen LogP contribution in [0.15, 0.2) is 48.5 Å². The van der Waals surface area contributed by atoms with Crippen molar-refractivity contribution in [1.29, 1.82) is 0 Å². The van der Waals surface area contributed by atoms with Crippen LogP contribution in [-0.2, 0) is 4.74 Å². The van der Waals surface area contributed by atoms with Gasteiger partial charge in [0.05, 0.1) is 13.2 Å². The minimum atomic E-state index is -0.321. The number of benzene rings is 2. The van der Waals surface area contributed by atoms with E-state index in [2.05, 4.69) is 25.6 Å². The zero-order valence-electron chi connectivity index (χ0n) is 16.8. The van der Waals surface area contributed by atoms with Gasteiger partial charge in [-0.1, -0.05) is 12.1 Å². The number of anilines is 5. The number of Topliss-reactive ketones (excluding diaryl/α,β-unsaturated/α-hetero) is 1. The van der Waals surface area contributed by atoms with Crippen molar-refractivity contribution >= 4 is 47.4 Å². The fraction of sp³-hybridized carbons (Fsp3) is 0.238. The van der Waals surface area contributed by atoms with Gasteiger partial charge in [-0.25, -0.2) is 4.39 Å². The maximum absolute atomic E-state index is 13.2. The van der Waals surface area contributed by atoms with Crippen molar-refractivity contribution in [3.05, 3.63) is 59.9 Å². The molecule has 3 aromatic rings. The van der Waals surface area contributed by atoms with Gasteiger partial charge in [0.25, 0.3) is 0 Å². The Morgan fingerprint density at radius 3 is 2.26 bits per heavy atom. The second kappa shape index (κ2) is 10.1. The fourth-order valence-electron chi connectivity index (χ4n) is 2.99. The molecule has 1 fully saturated rings. The van der Waals surface area contributed by atoms with Gasteiger partial charge in [-0.2, -0.15) is 15.0 Å². The topological polar surface area (TPSA) is 92.3 Å². The molecule has 0 amide bonds. The van der Waals surface area contributed by atoms with E-state index in [0.29, 0.717) is 61.1 Å². The summed E-state index contributed by atoms with van der Waals surface area (Å²) in [7, 11) is 0. The molecule has 8 nitrogen and oxygen atoms in total. The van der Waals surface area contributed by atoms with Crippen molar-refractivity contribution in [3.63, 3.8) is 0 Å². The Kier molecular flexibility index (Phi) is 7.32. The average molecular weight is 445 g/mol. The normalized spacial score (nSPS) is 13.3. The number of aromatic nitrogens is 3. The molecule has 31 heavy (non-hydrogen) atoms. The molecule has 0 atom stereocenters. The van der Waals surface area contributed by atoms with Crippen LogP contribution >= 0.6 is 12.4 Å². The quantitative estimate of drug-likeness (QED) is 0.552. The van der Waals surface area contributed by atoms with Crippen LogP contribution in [0.4, 0.5) is 33.6 Å². The molecule has 162 valence electrons. The van der Waals surface area contributed by atoms with Crippen LogP contribution in [0.5, 0.6) is 0 Å². The molecule has 1 aliphatic rings. The number of carbonyl (C=O) groups excluding carboxylic acids is 1. The molecule has 2 N–H and O–H groups in total. The van der Waals surface area contributed by atoms with Gasteiger partial charge in [-0.3, -0.25) is 4.79 Å². The molecule has 0 spiro atoms. The second-order valence-electron chi connectivity index (χ2n) is 6.78. The van der Waals surface area contributed by atoms with E-state index in [4.69, 9.17) is 4.74 Å². The smallest absolute Gasteiger partial charge is 0.233 e. The predicted octanol–water partition coefficient (Wildman–Crippen LogP) is 3.96. The van der Waals surface area contributed by atoms with Crippen LogP contribution < -0.4 is 15.5 Å². The first-order chi connectivity index (χ1) is 14.6. The lowest BCUT2D eigenvalue weighted by atomic mass is 10.1. The number of nitrogens with one attached hydrogen (secondary N) is 2. The summed E-state index contributed by atoms with van der Waals surface area (Å²) in [4.78, 5) is 27.2. The van der Waals surface area contributed by atoms with Crippen LogP contribution in [0.2, 0.25) is 0 Å². The van der Waals surface area contributed by atoms with Crippen molar-refractivity contribution in [3.8, 4) is 0 Å². The summed E-state index contributed by atoms with van der Waals surface area (Å²) in [5, 5.41) is 6.23. The number of ketones is 1. The Morgan fingerprint density at radius 2 is 1.61 bits per heavy atom. The Hall–Kier alpha value is -3.30.